The van der Waals surface area contributed by atoms with Crippen molar-refractivity contribution in [2.45, 2.75) is 13.5 Å². The van der Waals surface area contributed by atoms with E-state index in [1.165, 1.54) is 0 Å². The van der Waals surface area contributed by atoms with E-state index >= 15 is 0 Å². The van der Waals surface area contributed by atoms with Crippen molar-refractivity contribution in [3.8, 4) is 11.5 Å². The highest BCUT2D eigenvalue weighted by Crippen LogP contribution is 2.25. The number of hydrogen-bond donors (Lipinski definition) is 2. The number of nitrogens with two attached hydrogens (primary N) is 1. The number of pyridine rings is 1. The van der Waals surface area contributed by atoms with Gasteiger partial charge in [-0.2, -0.15) is 0 Å². The second-order valence-corrected chi connectivity index (χ2v) is 5.57. The summed E-state index contributed by atoms with van der Waals surface area (Å²) in [5.41, 5.74) is 7.99. The molecule has 0 atom stereocenters. The van der Waals surface area contributed by atoms with Crippen LogP contribution in [0.4, 0.5) is 5.82 Å². The lowest BCUT2D eigenvalue weighted by atomic mass is 10.2. The summed E-state index contributed by atoms with van der Waals surface area (Å²) < 4.78 is 5.93. The second-order valence-electron chi connectivity index (χ2n) is 5.57. The normalized spacial score (nSPS) is 10.7. The fourth-order valence-electron chi connectivity index (χ4n) is 2.23. The van der Waals surface area contributed by atoms with Crippen molar-refractivity contribution in [3.63, 3.8) is 0 Å². The van der Waals surface area contributed by atoms with E-state index in [-0.39, 0.29) is 12.4 Å². The average Bonchev–Trinajstić information content (AvgIpc) is 2.64. The number of anilines is 1. The second kappa shape index (κ2) is 9.44. The molecule has 5 nitrogen and oxygen atoms in total. The summed E-state index contributed by atoms with van der Waals surface area (Å²) in [5, 5.41) is 2.98. The molecular formula is C20H21ClN4O. The summed E-state index contributed by atoms with van der Waals surface area (Å²) >= 11 is 0. The molecule has 0 saturated heterocycles. The van der Waals surface area contributed by atoms with Crippen LogP contribution in [-0.4, -0.2) is 10.9 Å². The molecule has 0 fully saturated rings. The fraction of sp³-hybridized carbons (Fsp3) is 0.100. The molecule has 1 heterocycles. The average molecular weight is 369 g/mol. The number of rotatable bonds is 5. The van der Waals surface area contributed by atoms with Crippen molar-refractivity contribution < 1.29 is 4.74 Å². The minimum absolute atomic E-state index is 0. The van der Waals surface area contributed by atoms with E-state index in [0.29, 0.717) is 18.3 Å². The Labute approximate surface area is 159 Å². The molecule has 0 saturated carbocycles. The van der Waals surface area contributed by atoms with Crippen molar-refractivity contribution in [1.82, 2.24) is 4.98 Å². The van der Waals surface area contributed by atoms with Gasteiger partial charge in [0.05, 0.1) is 6.54 Å². The van der Waals surface area contributed by atoms with Crippen LogP contribution in [0.1, 0.15) is 11.1 Å². The number of halogens is 1. The zero-order chi connectivity index (χ0) is 17.5. The first-order valence-electron chi connectivity index (χ1n) is 8.01. The SMILES string of the molecule is Cc1ccc(NC(N)=NCc2ccccc2Oc2ccccc2)nc1.Cl. The number of benzene rings is 2. The zero-order valence-corrected chi connectivity index (χ0v) is 15.2. The minimum atomic E-state index is 0. The van der Waals surface area contributed by atoms with Gasteiger partial charge in [-0.1, -0.05) is 42.5 Å². The molecule has 3 N–H and O–H groups in total. The number of hydrogen-bond acceptors (Lipinski definition) is 3. The number of guanidine groups is 1. The number of para-hydroxylation sites is 2. The van der Waals surface area contributed by atoms with Crippen LogP contribution in [0.5, 0.6) is 11.5 Å². The van der Waals surface area contributed by atoms with Crippen LogP contribution in [0, 0.1) is 6.92 Å². The molecule has 0 aliphatic rings. The van der Waals surface area contributed by atoms with Gasteiger partial charge in [0, 0.05) is 11.8 Å². The van der Waals surface area contributed by atoms with Gasteiger partial charge in [-0.05, 0) is 36.8 Å². The summed E-state index contributed by atoms with van der Waals surface area (Å²) in [6.07, 6.45) is 1.78. The van der Waals surface area contributed by atoms with Gasteiger partial charge in [-0.3, -0.25) is 0 Å². The third kappa shape index (κ3) is 5.50. The third-order valence-electron chi connectivity index (χ3n) is 3.53. The molecule has 0 unspecified atom stereocenters. The van der Waals surface area contributed by atoms with Gasteiger partial charge in [-0.15, -0.1) is 12.4 Å². The maximum absolute atomic E-state index is 5.95. The molecule has 1 aromatic heterocycles. The van der Waals surface area contributed by atoms with Gasteiger partial charge in [0.2, 0.25) is 0 Å². The summed E-state index contributed by atoms with van der Waals surface area (Å²) in [7, 11) is 0. The molecule has 3 aromatic rings. The van der Waals surface area contributed by atoms with E-state index in [1.54, 1.807) is 6.20 Å². The van der Waals surface area contributed by atoms with Crippen molar-refractivity contribution in [3.05, 3.63) is 84.1 Å². The third-order valence-corrected chi connectivity index (χ3v) is 3.53. The van der Waals surface area contributed by atoms with E-state index in [9.17, 15) is 0 Å². The molecule has 0 amide bonds. The van der Waals surface area contributed by atoms with Gasteiger partial charge < -0.3 is 15.8 Å². The fourth-order valence-corrected chi connectivity index (χ4v) is 2.23. The molecule has 0 aliphatic carbocycles. The van der Waals surface area contributed by atoms with Gasteiger partial charge in [0.25, 0.3) is 0 Å². The van der Waals surface area contributed by atoms with Gasteiger partial charge in [0.15, 0.2) is 5.96 Å². The first-order valence-corrected chi connectivity index (χ1v) is 8.01. The van der Waals surface area contributed by atoms with Crippen LogP contribution in [0.15, 0.2) is 77.9 Å². The standard InChI is InChI=1S/C20H20N4O.ClH/c1-15-11-12-19(22-13-15)24-20(21)23-14-16-7-5-6-10-18(16)25-17-8-3-2-4-9-17;/h2-13H,14H2,1H3,(H3,21,22,23,24);1H. The Kier molecular flexibility index (Phi) is 7.00. The predicted molar refractivity (Wildman–Crippen MR) is 108 cm³/mol. The van der Waals surface area contributed by atoms with E-state index in [2.05, 4.69) is 15.3 Å². The van der Waals surface area contributed by atoms with Crippen molar-refractivity contribution in [2.75, 3.05) is 5.32 Å². The van der Waals surface area contributed by atoms with E-state index in [1.807, 2.05) is 73.7 Å². The lowest BCUT2D eigenvalue weighted by molar-refractivity contribution is 0.476. The Morgan fingerprint density at radius 1 is 1.04 bits per heavy atom. The zero-order valence-electron chi connectivity index (χ0n) is 14.4. The van der Waals surface area contributed by atoms with E-state index in [0.717, 1.165) is 22.6 Å². The van der Waals surface area contributed by atoms with Crippen molar-refractivity contribution in [2.24, 2.45) is 10.7 Å². The molecule has 26 heavy (non-hydrogen) atoms. The number of aliphatic imine (C=N–C) groups is 1. The largest absolute Gasteiger partial charge is 0.457 e. The topological polar surface area (TPSA) is 72.5 Å². The Balaban J connectivity index is 0.00000243. The molecule has 134 valence electrons. The lowest BCUT2D eigenvalue weighted by Gasteiger charge is -2.10. The maximum atomic E-state index is 5.95. The highest BCUT2D eigenvalue weighted by molar-refractivity contribution is 5.91. The summed E-state index contributed by atoms with van der Waals surface area (Å²) in [6, 6.07) is 21.3. The molecule has 0 radical (unpaired) electrons. The van der Waals surface area contributed by atoms with E-state index in [4.69, 9.17) is 10.5 Å². The molecule has 0 aliphatic heterocycles. The minimum Gasteiger partial charge on any atom is -0.457 e. The number of nitrogens with one attached hydrogen (secondary N) is 1. The predicted octanol–water partition coefficient (Wildman–Crippen LogP) is 4.53. The smallest absolute Gasteiger partial charge is 0.194 e. The van der Waals surface area contributed by atoms with Crippen LogP contribution >= 0.6 is 12.4 Å². The Bertz CT molecular complexity index is 851. The highest BCUT2D eigenvalue weighted by Gasteiger charge is 2.04. The number of aromatic nitrogens is 1. The summed E-state index contributed by atoms with van der Waals surface area (Å²) in [5.74, 6) is 2.53. The Hall–Kier alpha value is -3.05. The molecule has 2 aromatic carbocycles. The van der Waals surface area contributed by atoms with Crippen molar-refractivity contribution >= 4 is 24.2 Å². The summed E-state index contributed by atoms with van der Waals surface area (Å²) in [4.78, 5) is 8.63. The highest BCUT2D eigenvalue weighted by atomic mass is 35.5. The van der Waals surface area contributed by atoms with Crippen LogP contribution in [0.2, 0.25) is 0 Å². The quantitative estimate of drug-likeness (QED) is 0.512. The molecule has 0 bridgehead atoms. The van der Waals surface area contributed by atoms with Crippen LogP contribution in [0.25, 0.3) is 0 Å². The first kappa shape index (κ1) is 19.3. The summed E-state index contributed by atoms with van der Waals surface area (Å²) in [6.45, 7) is 2.39. The van der Waals surface area contributed by atoms with Gasteiger partial charge >= 0.3 is 0 Å². The molecule has 3 rings (SSSR count). The van der Waals surface area contributed by atoms with E-state index < -0.39 is 0 Å². The first-order chi connectivity index (χ1) is 12.2. The lowest BCUT2D eigenvalue weighted by Crippen LogP contribution is -2.23. The maximum Gasteiger partial charge on any atom is 0.194 e. The molecule has 0 spiro atoms. The molecule has 6 heteroatoms. The van der Waals surface area contributed by atoms with Gasteiger partial charge in [-0.25, -0.2) is 9.98 Å². The van der Waals surface area contributed by atoms with Crippen molar-refractivity contribution in [1.29, 1.82) is 0 Å². The monoisotopic (exact) mass is 368 g/mol. The molecular weight excluding hydrogens is 348 g/mol. The Morgan fingerprint density at radius 3 is 2.50 bits per heavy atom. The number of aryl methyl sites for hydroxylation is 1. The van der Waals surface area contributed by atoms with Crippen LogP contribution < -0.4 is 15.8 Å². The van der Waals surface area contributed by atoms with Crippen LogP contribution in [0.3, 0.4) is 0 Å². The number of nitrogens with zero attached hydrogens (tertiary/aromatic N) is 2. The Morgan fingerprint density at radius 2 is 1.77 bits per heavy atom. The van der Waals surface area contributed by atoms with Crippen LogP contribution in [-0.2, 0) is 6.54 Å². The number of ether oxygens (including phenoxy) is 1. The van der Waals surface area contributed by atoms with Gasteiger partial charge in [0.1, 0.15) is 17.3 Å².